The number of aliphatic imine (C=N–C) groups is 1. The molecule has 0 unspecified atom stereocenters. The van der Waals surface area contributed by atoms with Gasteiger partial charge in [0.2, 0.25) is 0 Å². The molecule has 7 nitrogen and oxygen atoms in total. The summed E-state index contributed by atoms with van der Waals surface area (Å²) in [5.41, 5.74) is 10.1. The van der Waals surface area contributed by atoms with E-state index in [1.165, 1.54) is 19.2 Å². The molecule has 0 saturated carbocycles. The van der Waals surface area contributed by atoms with Crippen LogP contribution in [-0.2, 0) is 0 Å². The van der Waals surface area contributed by atoms with E-state index in [0.717, 1.165) is 0 Å². The summed E-state index contributed by atoms with van der Waals surface area (Å²) in [5, 5.41) is 10.8. The van der Waals surface area contributed by atoms with Crippen LogP contribution < -0.4 is 16.2 Å². The van der Waals surface area contributed by atoms with Crippen LogP contribution in [0.1, 0.15) is 0 Å². The molecule has 0 aliphatic heterocycles. The Labute approximate surface area is 85.5 Å². The van der Waals surface area contributed by atoms with E-state index < -0.39 is 4.92 Å². The molecule has 0 fully saturated rings. The minimum absolute atomic E-state index is 0.0688. The van der Waals surface area contributed by atoms with Gasteiger partial charge in [-0.05, 0) is 12.1 Å². The van der Waals surface area contributed by atoms with Gasteiger partial charge in [0.05, 0.1) is 12.0 Å². The lowest BCUT2D eigenvalue weighted by Gasteiger charge is -2.03. The third kappa shape index (κ3) is 2.33. The van der Waals surface area contributed by atoms with Crippen LogP contribution in [0.5, 0.6) is 5.75 Å². The van der Waals surface area contributed by atoms with Crippen LogP contribution in [0.15, 0.2) is 23.2 Å². The zero-order chi connectivity index (χ0) is 11.4. The molecule has 0 aliphatic rings. The number of nitrogens with two attached hydrogens (primary N) is 2. The van der Waals surface area contributed by atoms with Crippen LogP contribution in [0.4, 0.5) is 11.4 Å². The maximum atomic E-state index is 10.8. The molecule has 7 heteroatoms. The van der Waals surface area contributed by atoms with Crippen molar-refractivity contribution in [3.63, 3.8) is 0 Å². The first kappa shape index (κ1) is 10.8. The van der Waals surface area contributed by atoms with E-state index in [4.69, 9.17) is 16.2 Å². The number of hydrogen-bond donors (Lipinski definition) is 2. The van der Waals surface area contributed by atoms with E-state index in [-0.39, 0.29) is 23.1 Å². The lowest BCUT2D eigenvalue weighted by atomic mass is 10.2. The van der Waals surface area contributed by atoms with Crippen LogP contribution in [0.2, 0.25) is 0 Å². The Morgan fingerprint density at radius 2 is 2.20 bits per heavy atom. The first-order valence-electron chi connectivity index (χ1n) is 3.97. The Hall–Kier alpha value is -2.31. The number of nitro groups is 1. The van der Waals surface area contributed by atoms with Crippen molar-refractivity contribution in [1.29, 1.82) is 0 Å². The summed E-state index contributed by atoms with van der Waals surface area (Å²) in [6, 6.07) is 4.46. The highest BCUT2D eigenvalue weighted by Gasteiger charge is 2.19. The predicted molar refractivity (Wildman–Crippen MR) is 55.1 cm³/mol. The first-order chi connectivity index (χ1) is 7.06. The number of ether oxygens (including phenoxy) is 1. The first-order valence-corrected chi connectivity index (χ1v) is 3.97. The smallest absolute Gasteiger partial charge is 0.336 e. The van der Waals surface area contributed by atoms with E-state index in [1.807, 2.05) is 0 Å². The largest absolute Gasteiger partial charge is 0.490 e. The van der Waals surface area contributed by atoms with Crippen LogP contribution in [0.25, 0.3) is 0 Å². The van der Waals surface area contributed by atoms with Crippen molar-refractivity contribution in [3.8, 4) is 5.75 Å². The fraction of sp³-hybridized carbons (Fsp3) is 0.125. The number of para-hydroxylation sites is 1. The van der Waals surface area contributed by atoms with Gasteiger partial charge < -0.3 is 16.2 Å². The molecule has 0 saturated heterocycles. The van der Waals surface area contributed by atoms with Crippen molar-refractivity contribution in [1.82, 2.24) is 0 Å². The highest BCUT2D eigenvalue weighted by molar-refractivity contribution is 5.81. The van der Waals surface area contributed by atoms with Gasteiger partial charge in [-0.15, -0.1) is 0 Å². The summed E-state index contributed by atoms with van der Waals surface area (Å²) < 4.78 is 4.84. The van der Waals surface area contributed by atoms with Gasteiger partial charge in [-0.1, -0.05) is 6.07 Å². The highest BCUT2D eigenvalue weighted by atomic mass is 16.6. The normalized spacial score (nSPS) is 9.40. The van der Waals surface area contributed by atoms with Crippen molar-refractivity contribution < 1.29 is 9.66 Å². The molecule has 15 heavy (non-hydrogen) atoms. The fourth-order valence-corrected chi connectivity index (χ4v) is 1.09. The standard InChI is InChI=1S/C8H10N4O3/c1-15-6-4-2-3-5(11-8(9)10)7(6)12(13)14/h2-4H,1H3,(H4,9,10,11). The summed E-state index contributed by atoms with van der Waals surface area (Å²) >= 11 is 0. The van der Waals surface area contributed by atoms with Crippen molar-refractivity contribution in [2.24, 2.45) is 16.5 Å². The summed E-state index contributed by atoms with van der Waals surface area (Å²) in [6.07, 6.45) is 0. The molecule has 0 aliphatic carbocycles. The Balaban J connectivity index is 3.38. The average Bonchev–Trinajstić information content (AvgIpc) is 2.15. The van der Waals surface area contributed by atoms with Gasteiger partial charge >= 0.3 is 5.69 Å². The van der Waals surface area contributed by atoms with Crippen LogP contribution >= 0.6 is 0 Å². The maximum Gasteiger partial charge on any atom is 0.336 e. The molecule has 0 amide bonds. The second-order valence-electron chi connectivity index (χ2n) is 2.62. The zero-order valence-electron chi connectivity index (χ0n) is 8.01. The minimum Gasteiger partial charge on any atom is -0.490 e. The molecule has 0 heterocycles. The Morgan fingerprint density at radius 3 is 2.67 bits per heavy atom. The molecule has 4 N–H and O–H groups in total. The number of benzene rings is 1. The van der Waals surface area contributed by atoms with Gasteiger partial charge in [-0.25, -0.2) is 4.99 Å². The number of methoxy groups -OCH3 is 1. The molecular weight excluding hydrogens is 200 g/mol. The van der Waals surface area contributed by atoms with Gasteiger partial charge in [-0.3, -0.25) is 10.1 Å². The maximum absolute atomic E-state index is 10.8. The SMILES string of the molecule is COc1cccc(N=C(N)N)c1[N+](=O)[O-]. The Bertz CT molecular complexity index is 412. The predicted octanol–water partition coefficient (Wildman–Crippen LogP) is 0.508. The monoisotopic (exact) mass is 210 g/mol. The highest BCUT2D eigenvalue weighted by Crippen LogP contribution is 2.36. The van der Waals surface area contributed by atoms with Crippen molar-refractivity contribution in [2.75, 3.05) is 7.11 Å². The van der Waals surface area contributed by atoms with Crippen molar-refractivity contribution in [2.45, 2.75) is 0 Å². The van der Waals surface area contributed by atoms with Gasteiger partial charge in [-0.2, -0.15) is 0 Å². The zero-order valence-corrected chi connectivity index (χ0v) is 8.01. The summed E-state index contributed by atoms with van der Waals surface area (Å²) in [4.78, 5) is 13.8. The molecule has 0 bridgehead atoms. The summed E-state index contributed by atoms with van der Waals surface area (Å²) in [5.74, 6) is -0.131. The number of rotatable bonds is 3. The number of guanidine groups is 1. The molecule has 0 radical (unpaired) electrons. The number of hydrogen-bond acceptors (Lipinski definition) is 4. The van der Waals surface area contributed by atoms with Crippen LogP contribution in [-0.4, -0.2) is 18.0 Å². The van der Waals surface area contributed by atoms with Crippen molar-refractivity contribution in [3.05, 3.63) is 28.3 Å². The van der Waals surface area contributed by atoms with Gasteiger partial charge in [0.15, 0.2) is 11.7 Å². The van der Waals surface area contributed by atoms with E-state index in [1.54, 1.807) is 6.07 Å². The molecule has 1 aromatic carbocycles. The van der Waals surface area contributed by atoms with Crippen LogP contribution in [0.3, 0.4) is 0 Å². The molecular formula is C8H10N4O3. The lowest BCUT2D eigenvalue weighted by Crippen LogP contribution is -2.22. The second kappa shape index (κ2) is 4.27. The van der Waals surface area contributed by atoms with Crippen LogP contribution in [0, 0.1) is 10.1 Å². The third-order valence-electron chi connectivity index (χ3n) is 1.63. The number of nitro benzene ring substituents is 1. The quantitative estimate of drug-likeness (QED) is 0.326. The summed E-state index contributed by atoms with van der Waals surface area (Å²) in [6.45, 7) is 0. The fourth-order valence-electron chi connectivity index (χ4n) is 1.09. The second-order valence-corrected chi connectivity index (χ2v) is 2.62. The van der Waals surface area contributed by atoms with E-state index in [0.29, 0.717) is 0 Å². The molecule has 0 aromatic heterocycles. The number of nitrogens with zero attached hydrogens (tertiary/aromatic N) is 2. The van der Waals surface area contributed by atoms with Crippen molar-refractivity contribution >= 4 is 17.3 Å². The molecule has 0 spiro atoms. The van der Waals surface area contributed by atoms with E-state index in [9.17, 15) is 10.1 Å². The molecule has 1 rings (SSSR count). The average molecular weight is 210 g/mol. The molecule has 0 atom stereocenters. The topological polar surface area (TPSA) is 117 Å². The van der Waals surface area contributed by atoms with Gasteiger partial charge in [0.25, 0.3) is 0 Å². The van der Waals surface area contributed by atoms with Gasteiger partial charge in [0.1, 0.15) is 5.69 Å². The Kier molecular flexibility index (Phi) is 3.06. The summed E-state index contributed by atoms with van der Waals surface area (Å²) in [7, 11) is 1.33. The third-order valence-corrected chi connectivity index (χ3v) is 1.63. The van der Waals surface area contributed by atoms with E-state index in [2.05, 4.69) is 4.99 Å². The van der Waals surface area contributed by atoms with E-state index >= 15 is 0 Å². The molecule has 80 valence electrons. The lowest BCUT2D eigenvalue weighted by molar-refractivity contribution is -0.384. The molecule has 1 aromatic rings. The Morgan fingerprint density at radius 1 is 1.53 bits per heavy atom. The van der Waals surface area contributed by atoms with Gasteiger partial charge in [0, 0.05) is 0 Å². The minimum atomic E-state index is -0.597.